The van der Waals surface area contributed by atoms with E-state index in [1.54, 1.807) is 24.2 Å². The summed E-state index contributed by atoms with van der Waals surface area (Å²) in [5.41, 5.74) is 2.01. The van der Waals surface area contributed by atoms with Gasteiger partial charge in [0.15, 0.2) is 6.29 Å². The molecule has 164 valence electrons. The van der Waals surface area contributed by atoms with Crippen molar-refractivity contribution in [2.45, 2.75) is 50.7 Å². The molecule has 0 bridgehead atoms. The molecule has 0 amide bonds. The Hall–Kier alpha value is -2.12. The summed E-state index contributed by atoms with van der Waals surface area (Å²) >= 11 is 12.5. The van der Waals surface area contributed by atoms with Crippen LogP contribution in [0.5, 0.6) is 5.75 Å². The van der Waals surface area contributed by atoms with Gasteiger partial charge in [0, 0.05) is 16.5 Å². The first kappa shape index (κ1) is 22.1. The van der Waals surface area contributed by atoms with Gasteiger partial charge in [-0.25, -0.2) is 4.98 Å². The molecule has 1 saturated heterocycles. The second-order valence-corrected chi connectivity index (χ2v) is 8.42. The quantitative estimate of drug-likeness (QED) is 0.443. The first-order valence-corrected chi connectivity index (χ1v) is 11.1. The predicted molar refractivity (Wildman–Crippen MR) is 120 cm³/mol. The van der Waals surface area contributed by atoms with E-state index >= 15 is 0 Å². The Labute approximate surface area is 192 Å². The topological polar surface area (TPSA) is 58.4 Å². The Morgan fingerprint density at radius 3 is 2.71 bits per heavy atom. The number of hydrogen-bond donors (Lipinski definition) is 0. The highest BCUT2D eigenvalue weighted by Crippen LogP contribution is 2.32. The van der Waals surface area contributed by atoms with Gasteiger partial charge in [0.25, 0.3) is 0 Å². The average molecular weight is 462 g/mol. The highest BCUT2D eigenvalue weighted by atomic mass is 35.5. The van der Waals surface area contributed by atoms with Gasteiger partial charge < -0.3 is 14.2 Å². The predicted octanol–water partition coefficient (Wildman–Crippen LogP) is 5.49. The third-order valence-corrected chi connectivity index (χ3v) is 5.98. The number of halogens is 2. The van der Waals surface area contributed by atoms with Gasteiger partial charge in [0.2, 0.25) is 0 Å². The normalized spacial score (nSPS) is 19.8. The van der Waals surface area contributed by atoms with Crippen molar-refractivity contribution in [1.82, 2.24) is 14.8 Å². The first-order chi connectivity index (χ1) is 15.1. The summed E-state index contributed by atoms with van der Waals surface area (Å²) in [4.78, 5) is 4.00. The monoisotopic (exact) mass is 461 g/mol. The van der Waals surface area contributed by atoms with Gasteiger partial charge in [-0.15, -0.1) is 0 Å². The van der Waals surface area contributed by atoms with Crippen LogP contribution in [0.3, 0.4) is 0 Å². The number of rotatable bonds is 8. The summed E-state index contributed by atoms with van der Waals surface area (Å²) in [5, 5.41) is 5.42. The molecule has 1 unspecified atom stereocenters. The molecule has 1 aliphatic rings. The highest BCUT2D eigenvalue weighted by Gasteiger charge is 2.27. The second kappa shape index (κ2) is 10.5. The summed E-state index contributed by atoms with van der Waals surface area (Å²) in [6, 6.07) is 13.5. The molecular formula is C23H25Cl2N3O3. The van der Waals surface area contributed by atoms with Crippen molar-refractivity contribution in [3.05, 3.63) is 76.3 Å². The van der Waals surface area contributed by atoms with Crippen molar-refractivity contribution in [3.63, 3.8) is 0 Å². The number of nitrogens with zero attached hydrogens (tertiary/aromatic N) is 3. The zero-order valence-corrected chi connectivity index (χ0v) is 18.8. The number of hydrogen-bond acceptors (Lipinski definition) is 5. The summed E-state index contributed by atoms with van der Waals surface area (Å²) in [6.45, 7) is 0.663. The summed E-state index contributed by atoms with van der Waals surface area (Å²) in [6.07, 6.45) is 6.20. The number of benzene rings is 2. The molecule has 6 nitrogen and oxygen atoms in total. The van der Waals surface area contributed by atoms with Gasteiger partial charge in [-0.2, -0.15) is 5.10 Å². The van der Waals surface area contributed by atoms with Crippen molar-refractivity contribution >= 4 is 23.2 Å². The van der Waals surface area contributed by atoms with Crippen LogP contribution in [0.15, 0.2) is 55.1 Å². The van der Waals surface area contributed by atoms with E-state index in [1.807, 2.05) is 36.4 Å². The maximum atomic E-state index is 6.49. The Morgan fingerprint density at radius 2 is 2.00 bits per heavy atom. The maximum absolute atomic E-state index is 6.49. The zero-order chi connectivity index (χ0) is 21.6. The lowest BCUT2D eigenvalue weighted by molar-refractivity contribution is -0.219. The summed E-state index contributed by atoms with van der Waals surface area (Å²) < 4.78 is 19.8. The largest absolute Gasteiger partial charge is 0.497 e. The van der Waals surface area contributed by atoms with Crippen molar-refractivity contribution in [3.8, 4) is 5.75 Å². The minimum atomic E-state index is -0.305. The van der Waals surface area contributed by atoms with Crippen molar-refractivity contribution < 1.29 is 14.2 Å². The lowest BCUT2D eigenvalue weighted by Crippen LogP contribution is -2.34. The van der Waals surface area contributed by atoms with Crippen LogP contribution >= 0.6 is 23.2 Å². The Balaban J connectivity index is 1.50. The summed E-state index contributed by atoms with van der Waals surface area (Å²) in [5.74, 6) is 0.800. The SMILES string of the molecule is COc1ccc(C(Cc2ccc(Cl)cc2Cl)O[C@H]2CCC[C@H](Cn3cncn3)O2)cc1. The molecule has 0 aliphatic carbocycles. The fraction of sp³-hybridized carbons (Fsp3) is 0.391. The third-order valence-electron chi connectivity index (χ3n) is 5.39. The smallest absolute Gasteiger partial charge is 0.158 e. The van der Waals surface area contributed by atoms with Crippen LogP contribution in [-0.2, 0) is 22.4 Å². The second-order valence-electron chi connectivity index (χ2n) is 7.57. The van der Waals surface area contributed by atoms with Crippen LogP contribution in [0.25, 0.3) is 0 Å². The van der Waals surface area contributed by atoms with E-state index in [9.17, 15) is 0 Å². The van der Waals surface area contributed by atoms with Crippen LogP contribution in [0.1, 0.15) is 36.5 Å². The molecule has 2 heterocycles. The van der Waals surface area contributed by atoms with Gasteiger partial charge in [-0.1, -0.05) is 41.4 Å². The van der Waals surface area contributed by atoms with Crippen molar-refractivity contribution in [2.24, 2.45) is 0 Å². The molecule has 0 radical (unpaired) electrons. The van der Waals surface area contributed by atoms with E-state index in [1.165, 1.54) is 6.33 Å². The van der Waals surface area contributed by atoms with Crippen LogP contribution < -0.4 is 4.74 Å². The van der Waals surface area contributed by atoms with Gasteiger partial charge in [-0.05, 0) is 54.7 Å². The van der Waals surface area contributed by atoms with E-state index in [0.717, 1.165) is 36.1 Å². The molecule has 8 heteroatoms. The van der Waals surface area contributed by atoms with Gasteiger partial charge in [0.05, 0.1) is 25.9 Å². The Kier molecular flexibility index (Phi) is 7.45. The molecule has 3 atom stereocenters. The fourth-order valence-corrected chi connectivity index (χ4v) is 4.25. The highest BCUT2D eigenvalue weighted by molar-refractivity contribution is 6.35. The average Bonchev–Trinajstić information content (AvgIpc) is 3.28. The number of methoxy groups -OCH3 is 1. The molecular weight excluding hydrogens is 437 g/mol. The van der Waals surface area contributed by atoms with Gasteiger partial charge >= 0.3 is 0 Å². The van der Waals surface area contributed by atoms with Crippen LogP contribution in [0, 0.1) is 0 Å². The zero-order valence-electron chi connectivity index (χ0n) is 17.3. The van der Waals surface area contributed by atoms with Gasteiger partial charge in [-0.3, -0.25) is 4.68 Å². The molecule has 0 saturated carbocycles. The minimum absolute atomic E-state index is 0.0380. The van der Waals surface area contributed by atoms with E-state index in [4.69, 9.17) is 37.4 Å². The molecule has 3 aromatic rings. The molecule has 0 spiro atoms. The standard InChI is InChI=1S/C23H25Cl2N3O3/c1-29-19-9-6-16(7-10-19)22(11-17-5-8-18(24)12-21(17)25)31-23-4-2-3-20(30-23)13-28-15-26-14-27-28/h5-10,12,14-15,20,22-23H,2-4,11,13H2,1H3/t20-,22?,23+/m1/s1. The molecule has 1 fully saturated rings. The van der Waals surface area contributed by atoms with E-state index in [0.29, 0.717) is 23.0 Å². The lowest BCUT2D eigenvalue weighted by Gasteiger charge is -2.33. The van der Waals surface area contributed by atoms with Crippen LogP contribution in [-0.4, -0.2) is 34.3 Å². The third kappa shape index (κ3) is 5.98. The van der Waals surface area contributed by atoms with E-state index in [-0.39, 0.29) is 18.5 Å². The molecule has 0 N–H and O–H groups in total. The Morgan fingerprint density at radius 1 is 1.16 bits per heavy atom. The fourth-order valence-electron chi connectivity index (χ4n) is 3.77. The van der Waals surface area contributed by atoms with Crippen LogP contribution in [0.2, 0.25) is 10.0 Å². The van der Waals surface area contributed by atoms with Crippen molar-refractivity contribution in [1.29, 1.82) is 0 Å². The van der Waals surface area contributed by atoms with Crippen LogP contribution in [0.4, 0.5) is 0 Å². The Bertz CT molecular complexity index is 967. The maximum Gasteiger partial charge on any atom is 0.158 e. The van der Waals surface area contributed by atoms with Crippen molar-refractivity contribution in [2.75, 3.05) is 7.11 Å². The molecule has 31 heavy (non-hydrogen) atoms. The minimum Gasteiger partial charge on any atom is -0.497 e. The molecule has 1 aromatic heterocycles. The molecule has 1 aliphatic heterocycles. The van der Waals surface area contributed by atoms with E-state index < -0.39 is 0 Å². The molecule has 4 rings (SSSR count). The van der Waals surface area contributed by atoms with E-state index in [2.05, 4.69) is 10.1 Å². The molecule has 2 aromatic carbocycles. The number of ether oxygens (including phenoxy) is 3. The first-order valence-electron chi connectivity index (χ1n) is 10.3. The number of aromatic nitrogens is 3. The summed E-state index contributed by atoms with van der Waals surface area (Å²) in [7, 11) is 1.65. The van der Waals surface area contributed by atoms with Gasteiger partial charge in [0.1, 0.15) is 18.4 Å². The lowest BCUT2D eigenvalue weighted by atomic mass is 10.0.